The molecular formula is C14H28N2O3. The van der Waals surface area contributed by atoms with Crippen molar-refractivity contribution in [1.29, 1.82) is 0 Å². The van der Waals surface area contributed by atoms with E-state index in [1.165, 1.54) is 0 Å². The molecule has 1 aliphatic rings. The molecule has 19 heavy (non-hydrogen) atoms. The Morgan fingerprint density at radius 3 is 2.21 bits per heavy atom. The van der Waals surface area contributed by atoms with Crippen molar-refractivity contribution in [2.75, 3.05) is 54.6 Å². The fraction of sp³-hybridized carbons (Fsp3) is 0.929. The van der Waals surface area contributed by atoms with Gasteiger partial charge in [-0.2, -0.15) is 0 Å². The zero-order chi connectivity index (χ0) is 14.3. The van der Waals surface area contributed by atoms with Crippen molar-refractivity contribution < 1.29 is 14.3 Å². The van der Waals surface area contributed by atoms with Gasteiger partial charge in [0.2, 0.25) is 5.91 Å². The van der Waals surface area contributed by atoms with Crippen molar-refractivity contribution in [2.45, 2.75) is 31.2 Å². The van der Waals surface area contributed by atoms with Gasteiger partial charge in [-0.25, -0.2) is 0 Å². The minimum absolute atomic E-state index is 0.175. The highest BCUT2D eigenvalue weighted by atomic mass is 16.5. The molecule has 0 unspecified atom stereocenters. The van der Waals surface area contributed by atoms with Gasteiger partial charge in [0.25, 0.3) is 0 Å². The second-order valence-corrected chi connectivity index (χ2v) is 5.49. The first-order valence-corrected chi connectivity index (χ1v) is 6.99. The van der Waals surface area contributed by atoms with E-state index in [0.717, 1.165) is 39.0 Å². The fourth-order valence-corrected chi connectivity index (χ4v) is 2.73. The highest BCUT2D eigenvalue weighted by Crippen LogP contribution is 2.30. The van der Waals surface area contributed by atoms with Gasteiger partial charge in [-0.3, -0.25) is 4.79 Å². The van der Waals surface area contributed by atoms with Crippen LogP contribution in [0, 0.1) is 0 Å². The van der Waals surface area contributed by atoms with Gasteiger partial charge in [-0.15, -0.1) is 0 Å². The molecular weight excluding hydrogens is 244 g/mol. The van der Waals surface area contributed by atoms with Crippen LogP contribution in [-0.2, 0) is 14.3 Å². The molecule has 1 saturated heterocycles. The number of hydrogen-bond acceptors (Lipinski definition) is 4. The topological polar surface area (TPSA) is 42.0 Å². The van der Waals surface area contributed by atoms with Gasteiger partial charge in [0.1, 0.15) is 0 Å². The zero-order valence-corrected chi connectivity index (χ0v) is 12.8. The molecule has 0 spiro atoms. The van der Waals surface area contributed by atoms with Gasteiger partial charge in [0.05, 0.1) is 13.0 Å². The summed E-state index contributed by atoms with van der Waals surface area (Å²) in [5.74, 6) is 0.209. The second-order valence-electron chi connectivity index (χ2n) is 5.49. The molecule has 1 amide bonds. The maximum atomic E-state index is 12.0. The van der Waals surface area contributed by atoms with Crippen molar-refractivity contribution in [3.05, 3.63) is 0 Å². The summed E-state index contributed by atoms with van der Waals surface area (Å²) in [6.07, 6.45) is 3.55. The van der Waals surface area contributed by atoms with Crippen LogP contribution < -0.4 is 0 Å². The molecule has 5 heteroatoms. The number of rotatable bonds is 7. The summed E-state index contributed by atoms with van der Waals surface area (Å²) in [4.78, 5) is 16.2. The van der Waals surface area contributed by atoms with Crippen LogP contribution in [0.4, 0.5) is 0 Å². The molecule has 1 fully saturated rings. The number of nitrogens with zero attached hydrogens (tertiary/aromatic N) is 2. The highest BCUT2D eigenvalue weighted by Gasteiger charge is 2.37. The quantitative estimate of drug-likeness (QED) is 0.693. The van der Waals surface area contributed by atoms with Crippen molar-refractivity contribution >= 4 is 5.91 Å². The first kappa shape index (κ1) is 16.4. The number of likely N-dealkylation sites (tertiary alicyclic amines) is 1. The number of methoxy groups -OCH3 is 2. The molecule has 1 rings (SSSR count). The Labute approximate surface area is 116 Å². The number of hydrogen-bond donors (Lipinski definition) is 0. The SMILES string of the molecule is COCCC(=O)N1CCC(CCOC)(N(C)C)CC1. The Morgan fingerprint density at radius 2 is 1.74 bits per heavy atom. The Balaban J connectivity index is 2.50. The van der Waals surface area contributed by atoms with Gasteiger partial charge in [-0.05, 0) is 33.4 Å². The van der Waals surface area contributed by atoms with Crippen molar-refractivity contribution in [2.24, 2.45) is 0 Å². The third-order valence-electron chi connectivity index (χ3n) is 4.29. The van der Waals surface area contributed by atoms with Crippen LogP contribution >= 0.6 is 0 Å². The Morgan fingerprint density at radius 1 is 1.16 bits per heavy atom. The maximum Gasteiger partial charge on any atom is 0.224 e. The molecule has 0 saturated carbocycles. The molecule has 0 aromatic carbocycles. The van der Waals surface area contributed by atoms with E-state index in [1.54, 1.807) is 14.2 Å². The molecule has 0 bridgehead atoms. The van der Waals surface area contributed by atoms with E-state index in [0.29, 0.717) is 13.0 Å². The summed E-state index contributed by atoms with van der Waals surface area (Å²) in [7, 11) is 7.62. The van der Waals surface area contributed by atoms with E-state index in [9.17, 15) is 4.79 Å². The predicted octanol–water partition coefficient (Wildman–Crippen LogP) is 0.982. The monoisotopic (exact) mass is 272 g/mol. The van der Waals surface area contributed by atoms with Crippen molar-refractivity contribution in [3.63, 3.8) is 0 Å². The summed E-state index contributed by atoms with van der Waals surface area (Å²) in [5, 5.41) is 0. The summed E-state index contributed by atoms with van der Waals surface area (Å²) in [5.41, 5.74) is 0.175. The van der Waals surface area contributed by atoms with E-state index in [4.69, 9.17) is 9.47 Å². The van der Waals surface area contributed by atoms with Crippen LogP contribution in [0.3, 0.4) is 0 Å². The minimum atomic E-state index is 0.175. The van der Waals surface area contributed by atoms with Gasteiger partial charge < -0.3 is 19.3 Å². The van der Waals surface area contributed by atoms with Crippen LogP contribution in [0.2, 0.25) is 0 Å². The van der Waals surface area contributed by atoms with E-state index >= 15 is 0 Å². The van der Waals surface area contributed by atoms with E-state index in [-0.39, 0.29) is 11.4 Å². The lowest BCUT2D eigenvalue weighted by atomic mass is 9.83. The van der Waals surface area contributed by atoms with Crippen molar-refractivity contribution in [3.8, 4) is 0 Å². The molecule has 0 aromatic rings. The largest absolute Gasteiger partial charge is 0.385 e. The first-order chi connectivity index (χ1) is 9.05. The lowest BCUT2D eigenvalue weighted by Gasteiger charge is -2.46. The number of piperidine rings is 1. The third kappa shape index (κ3) is 4.44. The van der Waals surface area contributed by atoms with Crippen LogP contribution in [0.1, 0.15) is 25.7 Å². The standard InChI is InChI=1S/C14H28N2O3/c1-15(2)14(8-12-19-4)6-9-16(10-7-14)13(17)5-11-18-3/h5-12H2,1-4H3. The average molecular weight is 272 g/mol. The third-order valence-corrected chi connectivity index (χ3v) is 4.29. The second kappa shape index (κ2) is 7.82. The van der Waals surface area contributed by atoms with Gasteiger partial charge >= 0.3 is 0 Å². The molecule has 1 heterocycles. The van der Waals surface area contributed by atoms with Crippen LogP contribution in [0.15, 0.2) is 0 Å². The lowest BCUT2D eigenvalue weighted by Crippen LogP contribution is -2.54. The minimum Gasteiger partial charge on any atom is -0.385 e. The summed E-state index contributed by atoms with van der Waals surface area (Å²) >= 11 is 0. The van der Waals surface area contributed by atoms with Crippen molar-refractivity contribution in [1.82, 2.24) is 9.80 Å². The first-order valence-electron chi connectivity index (χ1n) is 6.99. The molecule has 5 nitrogen and oxygen atoms in total. The average Bonchev–Trinajstić information content (AvgIpc) is 2.42. The molecule has 0 aliphatic carbocycles. The fourth-order valence-electron chi connectivity index (χ4n) is 2.73. The molecule has 0 N–H and O–H groups in total. The number of ether oxygens (including phenoxy) is 2. The number of carbonyl (C=O) groups is 1. The van der Waals surface area contributed by atoms with E-state index < -0.39 is 0 Å². The van der Waals surface area contributed by atoms with Crippen LogP contribution in [0.5, 0.6) is 0 Å². The Bertz CT molecular complexity index is 274. The van der Waals surface area contributed by atoms with E-state index in [2.05, 4.69) is 19.0 Å². The number of amides is 1. The number of carbonyl (C=O) groups excluding carboxylic acids is 1. The van der Waals surface area contributed by atoms with E-state index in [1.807, 2.05) is 4.90 Å². The van der Waals surface area contributed by atoms with Crippen LogP contribution in [0.25, 0.3) is 0 Å². The summed E-state index contributed by atoms with van der Waals surface area (Å²) < 4.78 is 10.2. The highest BCUT2D eigenvalue weighted by molar-refractivity contribution is 5.76. The Kier molecular flexibility index (Phi) is 6.75. The summed E-state index contributed by atoms with van der Waals surface area (Å²) in [6, 6.07) is 0. The van der Waals surface area contributed by atoms with Gasteiger partial charge in [0, 0.05) is 39.5 Å². The Hall–Kier alpha value is -0.650. The summed E-state index contributed by atoms with van der Waals surface area (Å²) in [6.45, 7) is 2.96. The molecule has 0 aromatic heterocycles. The lowest BCUT2D eigenvalue weighted by molar-refractivity contribution is -0.134. The molecule has 1 aliphatic heterocycles. The maximum absolute atomic E-state index is 12.0. The smallest absolute Gasteiger partial charge is 0.224 e. The van der Waals surface area contributed by atoms with Gasteiger partial charge in [0.15, 0.2) is 0 Å². The molecule has 0 radical (unpaired) electrons. The van der Waals surface area contributed by atoms with Crippen LogP contribution in [-0.4, -0.2) is 75.9 Å². The van der Waals surface area contributed by atoms with Gasteiger partial charge in [-0.1, -0.05) is 0 Å². The zero-order valence-electron chi connectivity index (χ0n) is 12.8. The normalized spacial score (nSPS) is 18.9. The molecule has 0 atom stereocenters. The molecule has 112 valence electrons. The predicted molar refractivity (Wildman–Crippen MR) is 75.2 cm³/mol.